The van der Waals surface area contributed by atoms with Crippen LogP contribution in [0.3, 0.4) is 0 Å². The summed E-state index contributed by atoms with van der Waals surface area (Å²) < 4.78 is 13.7. The smallest absolute Gasteiger partial charge is 0.282 e. The molecule has 0 unspecified atom stereocenters. The second kappa shape index (κ2) is 8.00. The van der Waals surface area contributed by atoms with Crippen molar-refractivity contribution in [3.05, 3.63) is 99.5 Å². The number of carbonyl (C=O) groups excluding carboxylic acids is 2. The number of carbonyl (C=O) groups is 2. The van der Waals surface area contributed by atoms with Gasteiger partial charge in [-0.05, 0) is 67.8 Å². The van der Waals surface area contributed by atoms with E-state index in [0.717, 1.165) is 27.7 Å². The molecule has 31 heavy (non-hydrogen) atoms. The molecule has 3 aromatic rings. The lowest BCUT2D eigenvalue weighted by molar-refractivity contribution is -0.120. The standard InChI is InChI=1S/C25H20ClFN2O2/c1-14-4-6-17(7-5-14)22-23(28-18-11-15(2)10-16(3)12-18)25(31)29(24(22)30)19-8-9-21(27)20(26)13-19/h4-13,28H,1-3H3. The molecule has 0 saturated heterocycles. The normalized spacial score (nSPS) is 13.9. The quantitative estimate of drug-likeness (QED) is 0.528. The van der Waals surface area contributed by atoms with Crippen LogP contribution in [0.4, 0.5) is 15.8 Å². The number of nitrogens with zero attached hydrogens (tertiary/aromatic N) is 1. The van der Waals surface area contributed by atoms with E-state index < -0.39 is 17.6 Å². The molecule has 1 heterocycles. The predicted octanol–water partition coefficient (Wildman–Crippen LogP) is 5.80. The molecular weight excluding hydrogens is 415 g/mol. The van der Waals surface area contributed by atoms with Crippen LogP contribution >= 0.6 is 11.6 Å². The van der Waals surface area contributed by atoms with E-state index in [1.165, 1.54) is 12.1 Å². The summed E-state index contributed by atoms with van der Waals surface area (Å²) in [5.41, 5.74) is 5.04. The van der Waals surface area contributed by atoms with Crippen molar-refractivity contribution in [3.63, 3.8) is 0 Å². The zero-order valence-electron chi connectivity index (χ0n) is 17.3. The lowest BCUT2D eigenvalue weighted by Gasteiger charge is -2.16. The highest BCUT2D eigenvalue weighted by molar-refractivity contribution is 6.46. The molecule has 6 heteroatoms. The predicted molar refractivity (Wildman–Crippen MR) is 122 cm³/mol. The molecule has 0 fully saturated rings. The minimum absolute atomic E-state index is 0.161. The number of hydrogen-bond acceptors (Lipinski definition) is 3. The SMILES string of the molecule is Cc1ccc(C2=C(Nc3cc(C)cc(C)c3)C(=O)N(c3ccc(F)c(Cl)c3)C2=O)cc1. The summed E-state index contributed by atoms with van der Waals surface area (Å²) in [6.07, 6.45) is 0. The summed E-state index contributed by atoms with van der Waals surface area (Å²) in [4.78, 5) is 27.8. The van der Waals surface area contributed by atoms with Crippen molar-refractivity contribution in [2.75, 3.05) is 10.2 Å². The number of halogens is 2. The van der Waals surface area contributed by atoms with Crippen molar-refractivity contribution in [1.82, 2.24) is 0 Å². The summed E-state index contributed by atoms with van der Waals surface area (Å²) >= 11 is 5.91. The first-order chi connectivity index (χ1) is 14.7. The van der Waals surface area contributed by atoms with E-state index in [1.54, 1.807) is 12.1 Å². The van der Waals surface area contributed by atoms with Crippen LogP contribution in [0.5, 0.6) is 0 Å². The molecule has 0 radical (unpaired) electrons. The molecule has 0 spiro atoms. The highest BCUT2D eigenvalue weighted by Crippen LogP contribution is 2.35. The molecule has 1 N–H and O–H groups in total. The first-order valence-electron chi connectivity index (χ1n) is 9.75. The maximum atomic E-state index is 13.7. The summed E-state index contributed by atoms with van der Waals surface area (Å²) in [6.45, 7) is 5.87. The van der Waals surface area contributed by atoms with Gasteiger partial charge in [-0.25, -0.2) is 9.29 Å². The molecule has 0 bridgehead atoms. The number of aryl methyl sites for hydroxylation is 3. The van der Waals surface area contributed by atoms with Crippen LogP contribution in [-0.2, 0) is 9.59 Å². The zero-order valence-corrected chi connectivity index (χ0v) is 18.0. The molecule has 2 amide bonds. The molecule has 0 atom stereocenters. The minimum atomic E-state index is -0.621. The van der Waals surface area contributed by atoms with Crippen molar-refractivity contribution in [2.45, 2.75) is 20.8 Å². The molecule has 156 valence electrons. The Hall–Kier alpha value is -3.44. The van der Waals surface area contributed by atoms with E-state index in [9.17, 15) is 14.0 Å². The Morgan fingerprint density at radius 3 is 2.06 bits per heavy atom. The molecular formula is C25H20ClFN2O2. The number of rotatable bonds is 4. The van der Waals surface area contributed by atoms with Crippen LogP contribution < -0.4 is 10.2 Å². The van der Waals surface area contributed by atoms with Gasteiger partial charge in [0.2, 0.25) is 0 Å². The summed E-state index contributed by atoms with van der Waals surface area (Å²) in [6, 6.07) is 17.0. The first-order valence-corrected chi connectivity index (χ1v) is 10.1. The van der Waals surface area contributed by atoms with Gasteiger partial charge in [0.25, 0.3) is 11.8 Å². The van der Waals surface area contributed by atoms with Gasteiger partial charge in [0, 0.05) is 5.69 Å². The van der Waals surface area contributed by atoms with Gasteiger partial charge in [-0.2, -0.15) is 0 Å². The van der Waals surface area contributed by atoms with E-state index in [2.05, 4.69) is 5.32 Å². The van der Waals surface area contributed by atoms with E-state index >= 15 is 0 Å². The molecule has 4 rings (SSSR count). The number of benzene rings is 3. The van der Waals surface area contributed by atoms with Gasteiger partial charge >= 0.3 is 0 Å². The Morgan fingerprint density at radius 2 is 1.45 bits per heavy atom. The summed E-state index contributed by atoms with van der Waals surface area (Å²) in [7, 11) is 0. The largest absolute Gasteiger partial charge is 0.350 e. The topological polar surface area (TPSA) is 49.4 Å². The van der Waals surface area contributed by atoms with Crippen molar-refractivity contribution in [1.29, 1.82) is 0 Å². The maximum absolute atomic E-state index is 13.7. The lowest BCUT2D eigenvalue weighted by Crippen LogP contribution is -2.32. The fourth-order valence-electron chi connectivity index (χ4n) is 3.68. The zero-order chi connectivity index (χ0) is 22.3. The fourth-order valence-corrected chi connectivity index (χ4v) is 3.86. The highest BCUT2D eigenvalue weighted by atomic mass is 35.5. The molecule has 4 nitrogen and oxygen atoms in total. The Bertz CT molecular complexity index is 1230. The van der Waals surface area contributed by atoms with E-state index in [0.29, 0.717) is 11.3 Å². The van der Waals surface area contributed by atoms with Gasteiger partial charge in [-0.1, -0.05) is 47.5 Å². The van der Waals surface area contributed by atoms with Gasteiger partial charge in [0.1, 0.15) is 11.5 Å². The second-order valence-electron chi connectivity index (χ2n) is 7.66. The Morgan fingerprint density at radius 1 is 0.806 bits per heavy atom. The van der Waals surface area contributed by atoms with Crippen molar-refractivity contribution >= 4 is 40.4 Å². The molecule has 0 saturated carbocycles. The van der Waals surface area contributed by atoms with Gasteiger partial charge in [-0.3, -0.25) is 9.59 Å². The van der Waals surface area contributed by atoms with E-state index in [1.807, 2.05) is 51.1 Å². The first kappa shape index (κ1) is 20.8. The van der Waals surface area contributed by atoms with Crippen LogP contribution in [0.25, 0.3) is 5.57 Å². The number of amides is 2. The van der Waals surface area contributed by atoms with Gasteiger partial charge in [0.15, 0.2) is 0 Å². The molecule has 3 aromatic carbocycles. The van der Waals surface area contributed by atoms with Crippen LogP contribution in [0, 0.1) is 26.6 Å². The molecule has 0 aromatic heterocycles. The third-order valence-corrected chi connectivity index (χ3v) is 5.37. The Labute approximate surface area is 185 Å². The molecule has 1 aliphatic rings. The number of hydrogen-bond donors (Lipinski definition) is 1. The Balaban J connectivity index is 1.84. The summed E-state index contributed by atoms with van der Waals surface area (Å²) in [5, 5.41) is 2.99. The fraction of sp³-hybridized carbons (Fsp3) is 0.120. The van der Waals surface area contributed by atoms with Crippen molar-refractivity contribution in [3.8, 4) is 0 Å². The third kappa shape index (κ3) is 3.97. The monoisotopic (exact) mass is 434 g/mol. The van der Waals surface area contributed by atoms with Crippen LogP contribution in [0.15, 0.2) is 66.4 Å². The summed E-state index contributed by atoms with van der Waals surface area (Å²) in [5.74, 6) is -1.64. The van der Waals surface area contributed by atoms with Gasteiger partial charge < -0.3 is 5.32 Å². The molecule has 1 aliphatic heterocycles. The molecule has 0 aliphatic carbocycles. The van der Waals surface area contributed by atoms with Crippen molar-refractivity contribution in [2.24, 2.45) is 0 Å². The number of imide groups is 1. The van der Waals surface area contributed by atoms with Crippen LogP contribution in [0.2, 0.25) is 5.02 Å². The van der Waals surface area contributed by atoms with E-state index in [-0.39, 0.29) is 22.0 Å². The number of anilines is 2. The average molecular weight is 435 g/mol. The van der Waals surface area contributed by atoms with Gasteiger partial charge in [0.05, 0.1) is 16.3 Å². The van der Waals surface area contributed by atoms with Crippen LogP contribution in [0.1, 0.15) is 22.3 Å². The average Bonchev–Trinajstić information content (AvgIpc) is 2.94. The van der Waals surface area contributed by atoms with Gasteiger partial charge in [-0.15, -0.1) is 0 Å². The number of nitrogens with one attached hydrogen (secondary N) is 1. The minimum Gasteiger partial charge on any atom is -0.350 e. The third-order valence-electron chi connectivity index (χ3n) is 5.08. The Kier molecular flexibility index (Phi) is 5.38. The van der Waals surface area contributed by atoms with Crippen molar-refractivity contribution < 1.29 is 14.0 Å². The lowest BCUT2D eigenvalue weighted by atomic mass is 10.0. The second-order valence-corrected chi connectivity index (χ2v) is 8.07. The maximum Gasteiger partial charge on any atom is 0.282 e. The highest BCUT2D eigenvalue weighted by Gasteiger charge is 2.40. The van der Waals surface area contributed by atoms with E-state index in [4.69, 9.17) is 11.6 Å². The van der Waals surface area contributed by atoms with Crippen LogP contribution in [-0.4, -0.2) is 11.8 Å².